The maximum atomic E-state index is 5.24. The minimum atomic E-state index is 0.701. The van der Waals surface area contributed by atoms with Crippen molar-refractivity contribution in [3.05, 3.63) is 52.2 Å². The molecular weight excluding hydrogens is 288 g/mol. The van der Waals surface area contributed by atoms with Gasteiger partial charge in [-0.05, 0) is 47.8 Å². The van der Waals surface area contributed by atoms with Crippen LogP contribution >= 0.6 is 23.6 Å². The van der Waals surface area contributed by atoms with Gasteiger partial charge in [-0.15, -0.1) is 11.3 Å². The summed E-state index contributed by atoms with van der Waals surface area (Å²) in [5.41, 5.74) is 1.26. The summed E-state index contributed by atoms with van der Waals surface area (Å²) in [6.45, 7) is 1.61. The first-order chi connectivity index (χ1) is 9.78. The van der Waals surface area contributed by atoms with E-state index in [2.05, 4.69) is 34.2 Å². The molecule has 0 atom stereocenters. The maximum Gasteiger partial charge on any atom is 0.166 e. The molecule has 1 aromatic heterocycles. The molecule has 0 unspecified atom stereocenters. The summed E-state index contributed by atoms with van der Waals surface area (Å²) in [6, 6.07) is 12.2. The zero-order chi connectivity index (χ0) is 14.2. The maximum absolute atomic E-state index is 5.24. The molecule has 0 fully saturated rings. The normalized spacial score (nSPS) is 10.1. The Balaban J connectivity index is 1.65. The number of hydrogen-bond acceptors (Lipinski definition) is 3. The molecule has 0 aliphatic carbocycles. The van der Waals surface area contributed by atoms with Crippen molar-refractivity contribution in [3.63, 3.8) is 0 Å². The summed E-state index contributed by atoms with van der Waals surface area (Å²) in [6.07, 6.45) is 0.935. The molecule has 20 heavy (non-hydrogen) atoms. The van der Waals surface area contributed by atoms with Crippen molar-refractivity contribution in [1.29, 1.82) is 0 Å². The number of ether oxygens (including phenoxy) is 1. The van der Waals surface area contributed by atoms with Crippen molar-refractivity contribution in [2.24, 2.45) is 0 Å². The number of methoxy groups -OCH3 is 1. The minimum Gasteiger partial charge on any atom is -0.497 e. The number of thiophene rings is 1. The van der Waals surface area contributed by atoms with Crippen LogP contribution in [0, 0.1) is 0 Å². The number of rotatable bonds is 6. The van der Waals surface area contributed by atoms with Gasteiger partial charge in [-0.25, -0.2) is 0 Å². The summed E-state index contributed by atoms with van der Waals surface area (Å²) < 4.78 is 5.13. The van der Waals surface area contributed by atoms with Crippen molar-refractivity contribution < 1.29 is 4.74 Å². The van der Waals surface area contributed by atoms with Gasteiger partial charge >= 0.3 is 0 Å². The van der Waals surface area contributed by atoms with Gasteiger partial charge in [0.25, 0.3) is 0 Å². The summed E-state index contributed by atoms with van der Waals surface area (Å²) in [5, 5.41) is 9.18. The van der Waals surface area contributed by atoms with Gasteiger partial charge in [-0.3, -0.25) is 0 Å². The molecule has 3 nitrogen and oxygen atoms in total. The van der Waals surface area contributed by atoms with E-state index in [1.165, 1.54) is 10.4 Å². The second-order valence-corrected chi connectivity index (χ2v) is 5.73. The minimum absolute atomic E-state index is 0.701. The van der Waals surface area contributed by atoms with E-state index in [-0.39, 0.29) is 0 Å². The predicted octanol–water partition coefficient (Wildman–Crippen LogP) is 2.96. The second kappa shape index (κ2) is 7.87. The van der Waals surface area contributed by atoms with Crippen LogP contribution < -0.4 is 15.4 Å². The SMILES string of the molecule is COc1ccc(CCNC(=S)NCc2cccs2)cc1. The van der Waals surface area contributed by atoms with E-state index in [9.17, 15) is 0 Å². The third-order valence-electron chi connectivity index (χ3n) is 2.86. The molecule has 0 spiro atoms. The molecular formula is C15H18N2OS2. The fourth-order valence-corrected chi connectivity index (χ4v) is 2.57. The lowest BCUT2D eigenvalue weighted by Crippen LogP contribution is -2.35. The third-order valence-corrected chi connectivity index (χ3v) is 4.03. The van der Waals surface area contributed by atoms with Crippen molar-refractivity contribution in [2.75, 3.05) is 13.7 Å². The number of hydrogen-bond donors (Lipinski definition) is 2. The highest BCUT2D eigenvalue weighted by atomic mass is 32.1. The van der Waals surface area contributed by atoms with Crippen LogP contribution in [-0.4, -0.2) is 18.8 Å². The van der Waals surface area contributed by atoms with Crippen molar-refractivity contribution in [2.45, 2.75) is 13.0 Å². The van der Waals surface area contributed by atoms with E-state index in [0.29, 0.717) is 5.11 Å². The average Bonchev–Trinajstić information content (AvgIpc) is 2.99. The van der Waals surface area contributed by atoms with Crippen LogP contribution in [0.15, 0.2) is 41.8 Å². The first-order valence-corrected chi connectivity index (χ1v) is 7.74. The molecule has 0 saturated carbocycles. The molecule has 0 bridgehead atoms. The molecule has 0 aliphatic heterocycles. The first kappa shape index (κ1) is 14.8. The van der Waals surface area contributed by atoms with Gasteiger partial charge < -0.3 is 15.4 Å². The lowest BCUT2D eigenvalue weighted by Gasteiger charge is -2.10. The molecule has 0 amide bonds. The molecule has 0 saturated heterocycles. The molecule has 0 aliphatic rings. The van der Waals surface area contributed by atoms with Gasteiger partial charge in [0.05, 0.1) is 13.7 Å². The Kier molecular flexibility index (Phi) is 5.83. The Hall–Kier alpha value is -1.59. The van der Waals surface area contributed by atoms with Crippen LogP contribution in [-0.2, 0) is 13.0 Å². The van der Waals surface area contributed by atoms with E-state index in [1.54, 1.807) is 18.4 Å². The van der Waals surface area contributed by atoms with Crippen LogP contribution in [0.25, 0.3) is 0 Å². The highest BCUT2D eigenvalue weighted by molar-refractivity contribution is 7.80. The van der Waals surface area contributed by atoms with E-state index >= 15 is 0 Å². The molecule has 1 heterocycles. The molecule has 2 N–H and O–H groups in total. The molecule has 2 aromatic rings. The second-order valence-electron chi connectivity index (χ2n) is 4.29. The molecule has 0 radical (unpaired) electrons. The molecule has 2 rings (SSSR count). The summed E-state index contributed by atoms with van der Waals surface area (Å²) in [5.74, 6) is 0.884. The predicted molar refractivity (Wildman–Crippen MR) is 88.5 cm³/mol. The number of benzene rings is 1. The monoisotopic (exact) mass is 306 g/mol. The molecule has 106 valence electrons. The third kappa shape index (κ3) is 4.83. The lowest BCUT2D eigenvalue weighted by molar-refractivity contribution is 0.414. The van der Waals surface area contributed by atoms with E-state index < -0.39 is 0 Å². The fraction of sp³-hybridized carbons (Fsp3) is 0.267. The fourth-order valence-electron chi connectivity index (χ4n) is 1.76. The van der Waals surface area contributed by atoms with Gasteiger partial charge in [0.1, 0.15) is 5.75 Å². The van der Waals surface area contributed by atoms with Crippen LogP contribution in [0.2, 0.25) is 0 Å². The quantitative estimate of drug-likeness (QED) is 0.804. The molecule has 1 aromatic carbocycles. The summed E-state index contributed by atoms with van der Waals surface area (Å²) in [4.78, 5) is 1.28. The largest absolute Gasteiger partial charge is 0.497 e. The highest BCUT2D eigenvalue weighted by Gasteiger charge is 1.98. The number of nitrogens with one attached hydrogen (secondary N) is 2. The van der Waals surface area contributed by atoms with Crippen molar-refractivity contribution in [1.82, 2.24) is 10.6 Å². The van der Waals surface area contributed by atoms with E-state index in [1.807, 2.05) is 18.2 Å². The Morgan fingerprint density at radius 2 is 2.00 bits per heavy atom. The van der Waals surface area contributed by atoms with E-state index in [0.717, 1.165) is 25.3 Å². The molecule has 5 heteroatoms. The van der Waals surface area contributed by atoms with Gasteiger partial charge in [0.15, 0.2) is 5.11 Å². The standard InChI is InChI=1S/C15H18N2OS2/c1-18-13-6-4-12(5-7-13)8-9-16-15(19)17-11-14-3-2-10-20-14/h2-7,10H,8-9,11H2,1H3,(H2,16,17,19). The lowest BCUT2D eigenvalue weighted by atomic mass is 10.1. The zero-order valence-electron chi connectivity index (χ0n) is 11.4. The van der Waals surface area contributed by atoms with E-state index in [4.69, 9.17) is 17.0 Å². The Morgan fingerprint density at radius 1 is 1.20 bits per heavy atom. The highest BCUT2D eigenvalue weighted by Crippen LogP contribution is 2.11. The smallest absolute Gasteiger partial charge is 0.166 e. The van der Waals surface area contributed by atoms with Gasteiger partial charge in [0, 0.05) is 11.4 Å². The van der Waals surface area contributed by atoms with Crippen LogP contribution in [0.4, 0.5) is 0 Å². The van der Waals surface area contributed by atoms with Crippen LogP contribution in [0.1, 0.15) is 10.4 Å². The Labute approximate surface area is 129 Å². The number of thiocarbonyl (C=S) groups is 1. The summed E-state index contributed by atoms with van der Waals surface area (Å²) in [7, 11) is 1.67. The topological polar surface area (TPSA) is 33.3 Å². The Bertz CT molecular complexity index is 523. The van der Waals surface area contributed by atoms with Crippen molar-refractivity contribution in [3.8, 4) is 5.75 Å². The van der Waals surface area contributed by atoms with Crippen LogP contribution in [0.3, 0.4) is 0 Å². The van der Waals surface area contributed by atoms with Gasteiger partial charge in [0.2, 0.25) is 0 Å². The summed E-state index contributed by atoms with van der Waals surface area (Å²) >= 11 is 6.97. The first-order valence-electron chi connectivity index (χ1n) is 6.45. The average molecular weight is 306 g/mol. The van der Waals surface area contributed by atoms with Gasteiger partial charge in [-0.1, -0.05) is 18.2 Å². The Morgan fingerprint density at radius 3 is 2.65 bits per heavy atom. The van der Waals surface area contributed by atoms with Crippen LogP contribution in [0.5, 0.6) is 5.75 Å². The van der Waals surface area contributed by atoms with Gasteiger partial charge in [-0.2, -0.15) is 0 Å². The zero-order valence-corrected chi connectivity index (χ0v) is 13.0. The van der Waals surface area contributed by atoms with Crippen molar-refractivity contribution >= 4 is 28.7 Å².